The summed E-state index contributed by atoms with van der Waals surface area (Å²) in [5.41, 5.74) is 0.395. The highest BCUT2D eigenvalue weighted by Crippen LogP contribution is 2.25. The van der Waals surface area contributed by atoms with Crippen molar-refractivity contribution in [3.05, 3.63) is 41.9 Å². The zero-order chi connectivity index (χ0) is 16.3. The van der Waals surface area contributed by atoms with Crippen molar-refractivity contribution in [3.8, 4) is 11.3 Å². The Morgan fingerprint density at radius 2 is 2.26 bits per heavy atom. The average molecular weight is 318 g/mol. The van der Waals surface area contributed by atoms with E-state index < -0.39 is 5.60 Å². The lowest BCUT2D eigenvalue weighted by Crippen LogP contribution is -2.48. The molecule has 6 heteroatoms. The number of benzene rings is 1. The third-order valence-electron chi connectivity index (χ3n) is 4.05. The van der Waals surface area contributed by atoms with Crippen molar-refractivity contribution in [1.82, 2.24) is 10.5 Å². The van der Waals surface area contributed by atoms with Crippen LogP contribution in [0.2, 0.25) is 0 Å². The lowest BCUT2D eigenvalue weighted by atomic mass is 9.95. The Kier molecular flexibility index (Phi) is 4.43. The first-order valence-electron chi connectivity index (χ1n) is 7.71. The summed E-state index contributed by atoms with van der Waals surface area (Å²) in [7, 11) is 0. The van der Waals surface area contributed by atoms with E-state index in [4.69, 9.17) is 9.26 Å². The van der Waals surface area contributed by atoms with Crippen LogP contribution < -0.4 is 5.32 Å². The number of rotatable bonds is 4. The molecular weight excluding hydrogens is 299 g/mol. The van der Waals surface area contributed by atoms with Crippen LogP contribution in [0.15, 0.2) is 34.9 Å². The minimum Gasteiger partial charge on any atom is -0.365 e. The Hall–Kier alpha value is -2.21. The Morgan fingerprint density at radius 1 is 1.39 bits per heavy atom. The summed E-state index contributed by atoms with van der Waals surface area (Å²) < 4.78 is 24.0. The SMILES string of the molecule is C[C@]1(C(=O)NCc2cc(-c3cccc(F)c3)no2)CCCCO1. The van der Waals surface area contributed by atoms with Gasteiger partial charge >= 0.3 is 0 Å². The molecule has 0 aliphatic carbocycles. The van der Waals surface area contributed by atoms with Crippen molar-refractivity contribution in [3.63, 3.8) is 0 Å². The van der Waals surface area contributed by atoms with Gasteiger partial charge in [-0.15, -0.1) is 0 Å². The Morgan fingerprint density at radius 3 is 3.00 bits per heavy atom. The van der Waals surface area contributed by atoms with Crippen LogP contribution in [-0.4, -0.2) is 23.3 Å². The third-order valence-corrected chi connectivity index (χ3v) is 4.05. The maximum Gasteiger partial charge on any atom is 0.252 e. The number of halogens is 1. The predicted molar refractivity (Wildman–Crippen MR) is 82.0 cm³/mol. The molecule has 1 aliphatic heterocycles. The van der Waals surface area contributed by atoms with E-state index in [9.17, 15) is 9.18 Å². The summed E-state index contributed by atoms with van der Waals surface area (Å²) in [5.74, 6) is 0.0284. The van der Waals surface area contributed by atoms with Crippen molar-refractivity contribution >= 4 is 5.91 Å². The molecule has 1 saturated heterocycles. The van der Waals surface area contributed by atoms with Crippen molar-refractivity contribution in [1.29, 1.82) is 0 Å². The molecule has 1 atom stereocenters. The number of nitrogens with one attached hydrogen (secondary N) is 1. The minimum atomic E-state index is -0.774. The first-order valence-corrected chi connectivity index (χ1v) is 7.71. The summed E-state index contributed by atoms with van der Waals surface area (Å²) in [6.45, 7) is 2.64. The Bertz CT molecular complexity index is 693. The fourth-order valence-electron chi connectivity index (χ4n) is 2.65. The van der Waals surface area contributed by atoms with Gasteiger partial charge in [0, 0.05) is 18.2 Å². The molecule has 0 saturated carbocycles. The van der Waals surface area contributed by atoms with Crippen LogP contribution in [0.3, 0.4) is 0 Å². The van der Waals surface area contributed by atoms with E-state index in [-0.39, 0.29) is 18.3 Å². The Balaban J connectivity index is 1.62. The summed E-state index contributed by atoms with van der Waals surface area (Å²) in [6, 6.07) is 7.81. The van der Waals surface area contributed by atoms with E-state index in [1.165, 1.54) is 12.1 Å². The van der Waals surface area contributed by atoms with Crippen LogP contribution in [0.4, 0.5) is 4.39 Å². The van der Waals surface area contributed by atoms with Gasteiger partial charge < -0.3 is 14.6 Å². The fraction of sp³-hybridized carbons (Fsp3) is 0.412. The molecule has 3 rings (SSSR count). The number of ether oxygens (including phenoxy) is 1. The second kappa shape index (κ2) is 6.50. The molecule has 0 spiro atoms. The van der Waals surface area contributed by atoms with Crippen molar-refractivity contribution < 1.29 is 18.4 Å². The normalized spacial score (nSPS) is 21.1. The van der Waals surface area contributed by atoms with Gasteiger partial charge in [-0.2, -0.15) is 0 Å². The molecule has 23 heavy (non-hydrogen) atoms. The van der Waals surface area contributed by atoms with Crippen LogP contribution in [-0.2, 0) is 16.1 Å². The first-order chi connectivity index (χ1) is 11.1. The zero-order valence-electron chi connectivity index (χ0n) is 13.0. The molecule has 1 aromatic carbocycles. The summed E-state index contributed by atoms with van der Waals surface area (Å²) in [6.07, 6.45) is 2.68. The maximum atomic E-state index is 13.2. The van der Waals surface area contributed by atoms with Gasteiger partial charge in [-0.3, -0.25) is 4.79 Å². The van der Waals surface area contributed by atoms with Crippen molar-refractivity contribution in [2.45, 2.75) is 38.3 Å². The number of hydrogen-bond acceptors (Lipinski definition) is 4. The number of aromatic nitrogens is 1. The van der Waals surface area contributed by atoms with E-state index in [2.05, 4.69) is 10.5 Å². The fourth-order valence-corrected chi connectivity index (χ4v) is 2.65. The van der Waals surface area contributed by atoms with Crippen molar-refractivity contribution in [2.75, 3.05) is 6.61 Å². The molecule has 0 radical (unpaired) electrons. The van der Waals surface area contributed by atoms with E-state index >= 15 is 0 Å². The lowest BCUT2D eigenvalue weighted by molar-refractivity contribution is -0.150. The third kappa shape index (κ3) is 3.59. The van der Waals surface area contributed by atoms with E-state index in [0.29, 0.717) is 30.0 Å². The number of amides is 1. The largest absolute Gasteiger partial charge is 0.365 e. The summed E-state index contributed by atoms with van der Waals surface area (Å²) in [5, 5.41) is 6.72. The molecule has 1 N–H and O–H groups in total. The van der Waals surface area contributed by atoms with Gasteiger partial charge in [-0.25, -0.2) is 4.39 Å². The maximum absolute atomic E-state index is 13.2. The standard InChI is InChI=1S/C17H19FN2O3/c1-17(7-2-3-8-22-17)16(21)19-11-14-10-15(20-23-14)12-5-4-6-13(18)9-12/h4-6,9-10H,2-3,7-8,11H2,1H3,(H,19,21)/t17-/m1/s1. The highest BCUT2D eigenvalue weighted by molar-refractivity contribution is 5.84. The number of hydrogen-bond donors (Lipinski definition) is 1. The van der Waals surface area contributed by atoms with Crippen LogP contribution in [0.5, 0.6) is 0 Å². The van der Waals surface area contributed by atoms with E-state index in [1.807, 2.05) is 0 Å². The smallest absolute Gasteiger partial charge is 0.252 e. The van der Waals surface area contributed by atoms with Crippen LogP contribution in [0, 0.1) is 5.82 Å². The average Bonchev–Trinajstić information content (AvgIpc) is 3.02. The second-order valence-corrected chi connectivity index (χ2v) is 5.91. The highest BCUT2D eigenvalue weighted by Gasteiger charge is 2.35. The van der Waals surface area contributed by atoms with Gasteiger partial charge in [0.05, 0.1) is 6.54 Å². The van der Waals surface area contributed by atoms with E-state index in [1.54, 1.807) is 25.1 Å². The van der Waals surface area contributed by atoms with Crippen LogP contribution >= 0.6 is 0 Å². The number of carbonyl (C=O) groups is 1. The molecule has 1 amide bonds. The van der Waals surface area contributed by atoms with Gasteiger partial charge in [0.15, 0.2) is 5.76 Å². The molecule has 1 aromatic heterocycles. The molecule has 5 nitrogen and oxygen atoms in total. The first kappa shape index (κ1) is 15.7. The number of carbonyl (C=O) groups excluding carboxylic acids is 1. The number of nitrogens with zero attached hydrogens (tertiary/aromatic N) is 1. The zero-order valence-corrected chi connectivity index (χ0v) is 13.0. The van der Waals surface area contributed by atoms with Crippen LogP contribution in [0.25, 0.3) is 11.3 Å². The molecule has 0 bridgehead atoms. The topological polar surface area (TPSA) is 64.4 Å². The van der Waals surface area contributed by atoms with Crippen LogP contribution in [0.1, 0.15) is 31.9 Å². The summed E-state index contributed by atoms with van der Waals surface area (Å²) in [4.78, 5) is 12.3. The van der Waals surface area contributed by atoms with Gasteiger partial charge in [0.25, 0.3) is 5.91 Å². The summed E-state index contributed by atoms with van der Waals surface area (Å²) >= 11 is 0. The van der Waals surface area contributed by atoms with Gasteiger partial charge in [-0.05, 0) is 38.3 Å². The molecule has 0 unspecified atom stereocenters. The lowest BCUT2D eigenvalue weighted by Gasteiger charge is -2.32. The quantitative estimate of drug-likeness (QED) is 0.941. The highest BCUT2D eigenvalue weighted by atomic mass is 19.1. The van der Waals surface area contributed by atoms with E-state index in [0.717, 1.165) is 12.8 Å². The second-order valence-electron chi connectivity index (χ2n) is 5.91. The molecular formula is C17H19FN2O3. The van der Waals surface area contributed by atoms with Gasteiger partial charge in [-0.1, -0.05) is 17.3 Å². The molecule has 122 valence electrons. The molecule has 1 fully saturated rings. The van der Waals surface area contributed by atoms with Crippen molar-refractivity contribution in [2.24, 2.45) is 0 Å². The molecule has 2 heterocycles. The molecule has 2 aromatic rings. The minimum absolute atomic E-state index is 0.152. The Labute approximate surface area is 133 Å². The predicted octanol–water partition coefficient (Wildman–Crippen LogP) is 3.06. The van der Waals surface area contributed by atoms with Gasteiger partial charge in [0.2, 0.25) is 0 Å². The monoisotopic (exact) mass is 318 g/mol. The van der Waals surface area contributed by atoms with Gasteiger partial charge in [0.1, 0.15) is 17.1 Å². The molecule has 1 aliphatic rings.